The number of hydrogen-bond donors (Lipinski definition) is 1. The third-order valence-corrected chi connectivity index (χ3v) is 3.53. The van der Waals surface area contributed by atoms with Gasteiger partial charge in [0.1, 0.15) is 12.5 Å². The van der Waals surface area contributed by atoms with Crippen LogP contribution in [0.3, 0.4) is 0 Å². The fraction of sp³-hybridized carbons (Fsp3) is 0.533. The van der Waals surface area contributed by atoms with E-state index in [9.17, 15) is 4.79 Å². The van der Waals surface area contributed by atoms with Crippen LogP contribution >= 0.6 is 0 Å². The van der Waals surface area contributed by atoms with E-state index in [2.05, 4.69) is 0 Å². The second-order valence-electron chi connectivity index (χ2n) is 5.51. The molecule has 1 amide bonds. The predicted octanol–water partition coefficient (Wildman–Crippen LogP) is 2.20. The Kier molecular flexibility index (Phi) is 4.01. The summed E-state index contributed by atoms with van der Waals surface area (Å²) in [6, 6.07) is 5.69. The molecule has 0 fully saturated rings. The van der Waals surface area contributed by atoms with Gasteiger partial charge in [0.05, 0.1) is 5.69 Å². The van der Waals surface area contributed by atoms with Crippen molar-refractivity contribution in [2.24, 2.45) is 5.73 Å². The monoisotopic (exact) mass is 278 g/mol. The van der Waals surface area contributed by atoms with Crippen LogP contribution in [0.2, 0.25) is 0 Å². The number of nitrogens with two attached hydrogens (primary N) is 1. The van der Waals surface area contributed by atoms with E-state index in [1.54, 1.807) is 25.9 Å². The molecule has 0 saturated heterocycles. The highest BCUT2D eigenvalue weighted by molar-refractivity contribution is 6.02. The maximum Gasteiger partial charge on any atom is 0.272 e. The molecular weight excluding hydrogens is 256 g/mol. The Morgan fingerprint density at radius 2 is 2.15 bits per heavy atom. The second-order valence-corrected chi connectivity index (χ2v) is 5.51. The number of hydrogen-bond acceptors (Lipinski definition) is 4. The lowest BCUT2D eigenvalue weighted by atomic mass is 10.0. The molecule has 110 valence electrons. The molecule has 0 radical (unpaired) electrons. The molecule has 0 aromatic heterocycles. The molecule has 20 heavy (non-hydrogen) atoms. The van der Waals surface area contributed by atoms with Gasteiger partial charge in [0, 0.05) is 13.2 Å². The Balaban J connectivity index is 2.48. The number of rotatable bonds is 4. The summed E-state index contributed by atoms with van der Waals surface area (Å²) in [5.74, 6) is 0.563. The first-order chi connectivity index (χ1) is 9.40. The Morgan fingerprint density at radius 3 is 2.75 bits per heavy atom. The number of fused-ring (bicyclic) bond motifs is 1. The Morgan fingerprint density at radius 1 is 1.45 bits per heavy atom. The molecule has 1 aliphatic heterocycles. The first-order valence-electron chi connectivity index (χ1n) is 6.80. The zero-order valence-electron chi connectivity index (χ0n) is 12.5. The summed E-state index contributed by atoms with van der Waals surface area (Å²) in [6.45, 7) is 5.74. The number of carbonyl (C=O) groups is 1. The van der Waals surface area contributed by atoms with E-state index in [0.717, 1.165) is 17.7 Å². The molecule has 0 aliphatic carbocycles. The lowest BCUT2D eigenvalue weighted by Gasteiger charge is -2.38. The van der Waals surface area contributed by atoms with Crippen LogP contribution in [0, 0.1) is 0 Å². The standard InChI is InChI=1S/C15H22N2O3/c1-5-11(16)10-6-7-13-12(8-10)17(9-19-4)14(18)15(2,3)20-13/h6-8,11H,5,9,16H2,1-4H3. The summed E-state index contributed by atoms with van der Waals surface area (Å²) in [7, 11) is 1.57. The van der Waals surface area contributed by atoms with E-state index in [1.807, 2.05) is 25.1 Å². The average Bonchev–Trinajstić information content (AvgIpc) is 2.42. The van der Waals surface area contributed by atoms with Gasteiger partial charge in [-0.05, 0) is 38.0 Å². The lowest BCUT2D eigenvalue weighted by molar-refractivity contribution is -0.133. The fourth-order valence-corrected chi connectivity index (χ4v) is 2.31. The van der Waals surface area contributed by atoms with Crippen molar-refractivity contribution in [1.29, 1.82) is 0 Å². The number of carbonyl (C=O) groups excluding carboxylic acids is 1. The average molecular weight is 278 g/mol. The van der Waals surface area contributed by atoms with Crippen molar-refractivity contribution in [2.75, 3.05) is 18.7 Å². The van der Waals surface area contributed by atoms with Crippen LogP contribution in [0.15, 0.2) is 18.2 Å². The summed E-state index contributed by atoms with van der Waals surface area (Å²) in [5, 5.41) is 0. The van der Waals surface area contributed by atoms with Gasteiger partial charge < -0.3 is 15.2 Å². The van der Waals surface area contributed by atoms with Crippen LogP contribution in [0.4, 0.5) is 5.69 Å². The minimum atomic E-state index is -0.889. The smallest absolute Gasteiger partial charge is 0.272 e. The van der Waals surface area contributed by atoms with E-state index in [-0.39, 0.29) is 18.7 Å². The molecule has 5 nitrogen and oxygen atoms in total. The van der Waals surface area contributed by atoms with Gasteiger partial charge in [0.2, 0.25) is 0 Å². The van der Waals surface area contributed by atoms with Crippen molar-refractivity contribution in [3.8, 4) is 5.75 Å². The van der Waals surface area contributed by atoms with Gasteiger partial charge in [-0.15, -0.1) is 0 Å². The van der Waals surface area contributed by atoms with Gasteiger partial charge in [-0.3, -0.25) is 9.69 Å². The summed E-state index contributed by atoms with van der Waals surface area (Å²) >= 11 is 0. The zero-order valence-corrected chi connectivity index (χ0v) is 12.5. The molecule has 1 unspecified atom stereocenters. The van der Waals surface area contributed by atoms with E-state index in [0.29, 0.717) is 5.75 Å². The van der Waals surface area contributed by atoms with Crippen LogP contribution in [-0.2, 0) is 9.53 Å². The normalized spacial score (nSPS) is 18.4. The first kappa shape index (κ1) is 14.8. The summed E-state index contributed by atoms with van der Waals surface area (Å²) in [5.41, 5.74) is 6.88. The van der Waals surface area contributed by atoms with Gasteiger partial charge in [-0.2, -0.15) is 0 Å². The maximum atomic E-state index is 12.4. The van der Waals surface area contributed by atoms with Crippen molar-refractivity contribution in [1.82, 2.24) is 0 Å². The van der Waals surface area contributed by atoms with Crippen LogP contribution in [0.1, 0.15) is 38.8 Å². The number of benzene rings is 1. The highest BCUT2D eigenvalue weighted by atomic mass is 16.5. The number of anilines is 1. The maximum absolute atomic E-state index is 12.4. The van der Waals surface area contributed by atoms with Crippen LogP contribution in [0.25, 0.3) is 0 Å². The quantitative estimate of drug-likeness (QED) is 0.917. The number of methoxy groups -OCH3 is 1. The second kappa shape index (κ2) is 5.42. The molecule has 1 aromatic rings. The van der Waals surface area contributed by atoms with E-state index in [4.69, 9.17) is 15.2 Å². The third-order valence-electron chi connectivity index (χ3n) is 3.53. The molecule has 2 N–H and O–H groups in total. The molecule has 1 atom stereocenters. The van der Waals surface area contributed by atoms with Gasteiger partial charge in [0.25, 0.3) is 5.91 Å². The number of ether oxygens (including phenoxy) is 2. The highest BCUT2D eigenvalue weighted by Gasteiger charge is 2.41. The van der Waals surface area contributed by atoms with E-state index in [1.165, 1.54) is 0 Å². The zero-order chi connectivity index (χ0) is 14.9. The summed E-state index contributed by atoms with van der Waals surface area (Å²) in [4.78, 5) is 14.0. The lowest BCUT2D eigenvalue weighted by Crippen LogP contribution is -2.53. The molecule has 1 aromatic carbocycles. The van der Waals surface area contributed by atoms with Gasteiger partial charge in [0.15, 0.2) is 5.60 Å². The molecule has 2 rings (SSSR count). The highest BCUT2D eigenvalue weighted by Crippen LogP contribution is 2.39. The van der Waals surface area contributed by atoms with Crippen molar-refractivity contribution in [3.05, 3.63) is 23.8 Å². The van der Waals surface area contributed by atoms with Crippen molar-refractivity contribution >= 4 is 11.6 Å². The van der Waals surface area contributed by atoms with Crippen LogP contribution in [-0.4, -0.2) is 25.3 Å². The van der Waals surface area contributed by atoms with Crippen LogP contribution < -0.4 is 15.4 Å². The topological polar surface area (TPSA) is 64.8 Å². The van der Waals surface area contributed by atoms with Gasteiger partial charge in [-0.1, -0.05) is 13.0 Å². The molecule has 1 aliphatic rings. The Hall–Kier alpha value is -1.59. The fourth-order valence-electron chi connectivity index (χ4n) is 2.31. The summed E-state index contributed by atoms with van der Waals surface area (Å²) in [6.07, 6.45) is 0.837. The van der Waals surface area contributed by atoms with E-state index >= 15 is 0 Å². The van der Waals surface area contributed by atoms with Gasteiger partial charge >= 0.3 is 0 Å². The number of nitrogens with zero attached hydrogens (tertiary/aromatic N) is 1. The molecular formula is C15H22N2O3. The van der Waals surface area contributed by atoms with Crippen LogP contribution in [0.5, 0.6) is 5.75 Å². The molecule has 1 heterocycles. The minimum Gasteiger partial charge on any atom is -0.476 e. The van der Waals surface area contributed by atoms with Crippen molar-refractivity contribution < 1.29 is 14.3 Å². The summed E-state index contributed by atoms with van der Waals surface area (Å²) < 4.78 is 10.9. The van der Waals surface area contributed by atoms with Crippen molar-refractivity contribution in [3.63, 3.8) is 0 Å². The van der Waals surface area contributed by atoms with E-state index < -0.39 is 5.60 Å². The Bertz CT molecular complexity index is 514. The molecule has 0 saturated carbocycles. The third kappa shape index (κ3) is 2.51. The largest absolute Gasteiger partial charge is 0.476 e. The SMILES string of the molecule is CCC(N)c1ccc2c(c1)N(COC)C(=O)C(C)(C)O2. The van der Waals surface area contributed by atoms with Gasteiger partial charge in [-0.25, -0.2) is 0 Å². The Labute approximate surface area is 119 Å². The molecule has 5 heteroatoms. The minimum absolute atomic E-state index is 0.0465. The number of amides is 1. The first-order valence-corrected chi connectivity index (χ1v) is 6.80. The van der Waals surface area contributed by atoms with Crippen molar-refractivity contribution in [2.45, 2.75) is 38.8 Å². The predicted molar refractivity (Wildman–Crippen MR) is 77.7 cm³/mol. The molecule has 0 spiro atoms. The molecule has 0 bridgehead atoms.